The van der Waals surface area contributed by atoms with E-state index >= 15 is 0 Å². The van der Waals surface area contributed by atoms with E-state index in [1.807, 2.05) is 6.92 Å². The SMILES string of the molecule is CCOC(=O)c1c(N)c2ccc(C(F)(F)F)nc2n(-c2ccc(C)cc2)c1=O. The van der Waals surface area contributed by atoms with Crippen molar-refractivity contribution in [1.29, 1.82) is 0 Å². The molecule has 0 amide bonds. The van der Waals surface area contributed by atoms with Crippen molar-refractivity contribution >= 4 is 22.7 Å². The maximum absolute atomic E-state index is 13.2. The number of alkyl halides is 3. The largest absolute Gasteiger partial charge is 0.462 e. The normalized spacial score (nSPS) is 11.6. The Kier molecular flexibility index (Phi) is 4.84. The Morgan fingerprint density at radius 1 is 1.18 bits per heavy atom. The smallest absolute Gasteiger partial charge is 0.433 e. The second kappa shape index (κ2) is 6.99. The Bertz CT molecular complexity index is 1120. The number of benzene rings is 1. The monoisotopic (exact) mass is 391 g/mol. The second-order valence-electron chi connectivity index (χ2n) is 6.05. The Morgan fingerprint density at radius 2 is 1.82 bits per heavy atom. The zero-order valence-corrected chi connectivity index (χ0v) is 15.0. The molecule has 2 heterocycles. The van der Waals surface area contributed by atoms with Gasteiger partial charge in [-0.1, -0.05) is 17.7 Å². The van der Waals surface area contributed by atoms with Gasteiger partial charge >= 0.3 is 12.1 Å². The van der Waals surface area contributed by atoms with Gasteiger partial charge in [0.25, 0.3) is 5.56 Å². The van der Waals surface area contributed by atoms with Crippen molar-refractivity contribution in [2.45, 2.75) is 20.0 Å². The molecule has 9 heteroatoms. The lowest BCUT2D eigenvalue weighted by molar-refractivity contribution is -0.141. The van der Waals surface area contributed by atoms with Gasteiger partial charge in [0.1, 0.15) is 16.9 Å². The molecule has 2 aromatic heterocycles. The maximum Gasteiger partial charge on any atom is 0.433 e. The molecule has 0 atom stereocenters. The van der Waals surface area contributed by atoms with Crippen molar-refractivity contribution in [1.82, 2.24) is 9.55 Å². The first-order valence-corrected chi connectivity index (χ1v) is 8.31. The number of hydrogen-bond donors (Lipinski definition) is 1. The summed E-state index contributed by atoms with van der Waals surface area (Å²) < 4.78 is 45.3. The molecule has 0 saturated carbocycles. The number of rotatable bonds is 3. The highest BCUT2D eigenvalue weighted by Crippen LogP contribution is 2.31. The summed E-state index contributed by atoms with van der Waals surface area (Å²) in [6.45, 7) is 3.38. The summed E-state index contributed by atoms with van der Waals surface area (Å²) in [6.07, 6.45) is -4.71. The van der Waals surface area contributed by atoms with Gasteiger partial charge in [-0.3, -0.25) is 9.36 Å². The topological polar surface area (TPSA) is 87.2 Å². The van der Waals surface area contributed by atoms with E-state index < -0.39 is 29.0 Å². The zero-order valence-electron chi connectivity index (χ0n) is 15.0. The summed E-state index contributed by atoms with van der Waals surface area (Å²) in [6, 6.07) is 8.29. The Labute approximate surface area is 157 Å². The number of aryl methyl sites for hydroxylation is 1. The van der Waals surface area contributed by atoms with Crippen molar-refractivity contribution in [3.05, 3.63) is 63.6 Å². The number of nitrogens with two attached hydrogens (primary N) is 1. The number of aromatic nitrogens is 2. The van der Waals surface area contributed by atoms with Crippen molar-refractivity contribution in [3.63, 3.8) is 0 Å². The molecule has 3 aromatic rings. The van der Waals surface area contributed by atoms with E-state index in [1.165, 1.54) is 0 Å². The van der Waals surface area contributed by atoms with Gasteiger partial charge in [-0.2, -0.15) is 13.2 Å². The van der Waals surface area contributed by atoms with E-state index in [0.29, 0.717) is 0 Å². The first-order valence-electron chi connectivity index (χ1n) is 8.31. The molecule has 0 aliphatic heterocycles. The van der Waals surface area contributed by atoms with Crippen LogP contribution in [-0.4, -0.2) is 22.1 Å². The summed E-state index contributed by atoms with van der Waals surface area (Å²) in [4.78, 5) is 28.9. The van der Waals surface area contributed by atoms with Gasteiger partial charge in [-0.05, 0) is 38.1 Å². The van der Waals surface area contributed by atoms with Crippen molar-refractivity contribution in [2.75, 3.05) is 12.3 Å². The zero-order chi connectivity index (χ0) is 20.6. The fourth-order valence-corrected chi connectivity index (χ4v) is 2.78. The molecule has 0 fully saturated rings. The third-order valence-corrected chi connectivity index (χ3v) is 4.13. The van der Waals surface area contributed by atoms with Gasteiger partial charge in [-0.15, -0.1) is 0 Å². The van der Waals surface area contributed by atoms with Crippen LogP contribution in [0.25, 0.3) is 16.7 Å². The number of ether oxygens (including phenoxy) is 1. The van der Waals surface area contributed by atoms with Gasteiger partial charge < -0.3 is 10.5 Å². The van der Waals surface area contributed by atoms with Crippen LogP contribution in [0, 0.1) is 6.92 Å². The van der Waals surface area contributed by atoms with Crippen molar-refractivity contribution < 1.29 is 22.7 Å². The Hall–Kier alpha value is -3.36. The van der Waals surface area contributed by atoms with Gasteiger partial charge in [0.2, 0.25) is 0 Å². The number of pyridine rings is 2. The van der Waals surface area contributed by atoms with Crippen LogP contribution in [0.4, 0.5) is 18.9 Å². The molecule has 1 aromatic carbocycles. The molecule has 0 spiro atoms. The molecule has 0 aliphatic carbocycles. The average molecular weight is 391 g/mol. The average Bonchev–Trinajstić information content (AvgIpc) is 2.62. The molecule has 2 N–H and O–H groups in total. The number of anilines is 1. The fourth-order valence-electron chi connectivity index (χ4n) is 2.78. The standard InChI is InChI=1S/C19H16F3N3O3/c1-3-28-18(27)14-15(23)12-8-9-13(19(20,21)22)24-16(12)25(17(14)26)11-6-4-10(2)5-7-11/h4-9H,3,23H2,1-2H3. The van der Waals surface area contributed by atoms with Crippen molar-refractivity contribution in [2.24, 2.45) is 0 Å². The number of halogens is 3. The van der Waals surface area contributed by atoms with Gasteiger partial charge in [0.05, 0.1) is 18.0 Å². The predicted molar refractivity (Wildman–Crippen MR) is 97.4 cm³/mol. The lowest BCUT2D eigenvalue weighted by Gasteiger charge is -2.16. The van der Waals surface area contributed by atoms with Crippen LogP contribution in [0.15, 0.2) is 41.2 Å². The van der Waals surface area contributed by atoms with E-state index in [9.17, 15) is 22.8 Å². The van der Waals surface area contributed by atoms with Crippen LogP contribution in [0.2, 0.25) is 0 Å². The minimum Gasteiger partial charge on any atom is -0.462 e. The highest BCUT2D eigenvalue weighted by Gasteiger charge is 2.33. The summed E-state index contributed by atoms with van der Waals surface area (Å²) in [5.41, 5.74) is 3.97. The van der Waals surface area contributed by atoms with Crippen molar-refractivity contribution in [3.8, 4) is 5.69 Å². The number of carbonyl (C=O) groups is 1. The number of nitrogens with zero attached hydrogens (tertiary/aromatic N) is 2. The lowest BCUT2D eigenvalue weighted by Crippen LogP contribution is -2.29. The van der Waals surface area contributed by atoms with Gasteiger partial charge in [0, 0.05) is 5.39 Å². The molecule has 0 radical (unpaired) electrons. The van der Waals surface area contributed by atoms with Crippen LogP contribution >= 0.6 is 0 Å². The Morgan fingerprint density at radius 3 is 2.39 bits per heavy atom. The van der Waals surface area contributed by atoms with Gasteiger partial charge in [0.15, 0.2) is 0 Å². The Balaban J connectivity index is 2.46. The van der Waals surface area contributed by atoms with Crippen LogP contribution in [0.1, 0.15) is 28.5 Å². The summed E-state index contributed by atoms with van der Waals surface area (Å²) in [5.74, 6) is -0.951. The first-order chi connectivity index (χ1) is 13.1. The molecule has 3 rings (SSSR count). The minimum atomic E-state index is -4.71. The molecule has 0 aliphatic rings. The summed E-state index contributed by atoms with van der Waals surface area (Å²) >= 11 is 0. The van der Waals surface area contributed by atoms with E-state index in [4.69, 9.17) is 10.5 Å². The second-order valence-corrected chi connectivity index (χ2v) is 6.05. The number of fused-ring (bicyclic) bond motifs is 1. The molecule has 28 heavy (non-hydrogen) atoms. The minimum absolute atomic E-state index is 0.00550. The van der Waals surface area contributed by atoms with E-state index in [-0.39, 0.29) is 29.0 Å². The first kappa shape index (κ1) is 19.4. The fraction of sp³-hybridized carbons (Fsp3) is 0.211. The number of esters is 1. The third-order valence-electron chi connectivity index (χ3n) is 4.13. The molecular formula is C19H16F3N3O3. The molecule has 6 nitrogen and oxygen atoms in total. The number of carbonyl (C=O) groups excluding carboxylic acids is 1. The number of hydrogen-bond acceptors (Lipinski definition) is 5. The van der Waals surface area contributed by atoms with Crippen LogP contribution in [0.3, 0.4) is 0 Å². The molecule has 0 saturated heterocycles. The highest BCUT2D eigenvalue weighted by atomic mass is 19.4. The third kappa shape index (κ3) is 3.30. The molecule has 146 valence electrons. The summed E-state index contributed by atoms with van der Waals surface area (Å²) in [5, 5.41) is 0.0382. The summed E-state index contributed by atoms with van der Waals surface area (Å²) in [7, 11) is 0. The van der Waals surface area contributed by atoms with Gasteiger partial charge in [-0.25, -0.2) is 9.78 Å². The van der Waals surface area contributed by atoms with E-state index in [1.54, 1.807) is 31.2 Å². The predicted octanol–water partition coefficient (Wildman–Crippen LogP) is 3.47. The molecular weight excluding hydrogens is 375 g/mol. The van der Waals surface area contributed by atoms with Crippen LogP contribution < -0.4 is 11.3 Å². The highest BCUT2D eigenvalue weighted by molar-refractivity contribution is 6.03. The molecule has 0 bridgehead atoms. The van der Waals surface area contributed by atoms with E-state index in [2.05, 4.69) is 4.98 Å². The van der Waals surface area contributed by atoms with Crippen LogP contribution in [0.5, 0.6) is 0 Å². The maximum atomic E-state index is 13.2. The number of nitrogen functional groups attached to an aromatic ring is 1. The molecule has 0 unspecified atom stereocenters. The van der Waals surface area contributed by atoms with Crippen LogP contribution in [-0.2, 0) is 10.9 Å². The lowest BCUT2D eigenvalue weighted by atomic mass is 10.1. The quantitative estimate of drug-likeness (QED) is 0.691. The van der Waals surface area contributed by atoms with E-state index in [0.717, 1.165) is 22.3 Å².